The summed E-state index contributed by atoms with van der Waals surface area (Å²) < 4.78 is 4.84. The lowest BCUT2D eigenvalue weighted by Crippen LogP contribution is -2.17. The Morgan fingerprint density at radius 2 is 1.85 bits per heavy atom. The summed E-state index contributed by atoms with van der Waals surface area (Å²) in [5.74, 6) is -0.00818. The third kappa shape index (κ3) is 3.29. The largest absolute Gasteiger partial charge is 0.449 e. The summed E-state index contributed by atoms with van der Waals surface area (Å²) in [4.78, 5) is 10.7. The SMILES string of the molecule is CC(COC(N)=O)c1cc(-c2ccccc2)ccc1N. The summed E-state index contributed by atoms with van der Waals surface area (Å²) >= 11 is 0. The molecule has 0 spiro atoms. The molecule has 0 radical (unpaired) electrons. The number of amides is 1. The van der Waals surface area contributed by atoms with Crippen LogP contribution in [0.25, 0.3) is 11.1 Å². The van der Waals surface area contributed by atoms with E-state index in [4.69, 9.17) is 16.2 Å². The summed E-state index contributed by atoms with van der Waals surface area (Å²) in [5, 5.41) is 0. The van der Waals surface area contributed by atoms with Gasteiger partial charge in [0.05, 0.1) is 6.61 Å². The third-order valence-electron chi connectivity index (χ3n) is 3.20. The van der Waals surface area contributed by atoms with E-state index in [1.165, 1.54) is 0 Å². The molecule has 1 amide bonds. The Bertz CT molecular complexity index is 597. The molecule has 0 aliphatic carbocycles. The number of hydrogen-bond donors (Lipinski definition) is 2. The lowest BCUT2D eigenvalue weighted by molar-refractivity contribution is 0.151. The van der Waals surface area contributed by atoms with Gasteiger partial charge in [0.2, 0.25) is 0 Å². The van der Waals surface area contributed by atoms with E-state index in [1.807, 2.05) is 55.5 Å². The van der Waals surface area contributed by atoms with Crippen molar-refractivity contribution >= 4 is 11.8 Å². The van der Waals surface area contributed by atoms with Gasteiger partial charge in [-0.25, -0.2) is 4.79 Å². The second-order valence-electron chi connectivity index (χ2n) is 4.74. The molecule has 2 rings (SSSR count). The number of primary amides is 1. The third-order valence-corrected chi connectivity index (χ3v) is 3.20. The maximum Gasteiger partial charge on any atom is 0.404 e. The van der Waals surface area contributed by atoms with E-state index < -0.39 is 6.09 Å². The van der Waals surface area contributed by atoms with Gasteiger partial charge in [-0.1, -0.05) is 43.3 Å². The average molecular weight is 270 g/mol. The van der Waals surface area contributed by atoms with Crippen molar-refractivity contribution in [1.29, 1.82) is 0 Å². The first kappa shape index (κ1) is 13.9. The van der Waals surface area contributed by atoms with Crippen molar-refractivity contribution in [1.82, 2.24) is 0 Å². The number of rotatable bonds is 4. The molecule has 20 heavy (non-hydrogen) atoms. The van der Waals surface area contributed by atoms with Crippen LogP contribution in [-0.4, -0.2) is 12.7 Å². The lowest BCUT2D eigenvalue weighted by Gasteiger charge is -2.15. The Balaban J connectivity index is 2.27. The molecule has 2 aromatic rings. The fourth-order valence-electron chi connectivity index (χ4n) is 2.11. The predicted octanol–water partition coefficient (Wildman–Crippen LogP) is 3.13. The van der Waals surface area contributed by atoms with Crippen LogP contribution in [0.15, 0.2) is 48.5 Å². The Labute approximate surface area is 118 Å². The van der Waals surface area contributed by atoms with Crippen molar-refractivity contribution in [2.75, 3.05) is 12.3 Å². The fraction of sp³-hybridized carbons (Fsp3) is 0.188. The highest BCUT2D eigenvalue weighted by Crippen LogP contribution is 2.28. The summed E-state index contributed by atoms with van der Waals surface area (Å²) in [7, 11) is 0. The maximum absolute atomic E-state index is 10.7. The van der Waals surface area contributed by atoms with Crippen LogP contribution in [0.1, 0.15) is 18.4 Å². The van der Waals surface area contributed by atoms with Crippen molar-refractivity contribution in [3.05, 3.63) is 54.1 Å². The topological polar surface area (TPSA) is 78.3 Å². The van der Waals surface area contributed by atoms with E-state index in [0.717, 1.165) is 16.7 Å². The minimum atomic E-state index is -0.769. The minimum Gasteiger partial charge on any atom is -0.449 e. The van der Waals surface area contributed by atoms with Crippen LogP contribution in [-0.2, 0) is 4.74 Å². The molecule has 0 saturated carbocycles. The zero-order valence-electron chi connectivity index (χ0n) is 11.4. The number of nitrogen functional groups attached to an aromatic ring is 1. The van der Waals surface area contributed by atoms with E-state index in [2.05, 4.69) is 0 Å². The van der Waals surface area contributed by atoms with Crippen LogP contribution >= 0.6 is 0 Å². The Kier molecular flexibility index (Phi) is 4.25. The van der Waals surface area contributed by atoms with Gasteiger partial charge in [0.15, 0.2) is 0 Å². The smallest absolute Gasteiger partial charge is 0.404 e. The van der Waals surface area contributed by atoms with Crippen LogP contribution in [0.2, 0.25) is 0 Å². The van der Waals surface area contributed by atoms with Crippen molar-refractivity contribution in [3.63, 3.8) is 0 Å². The normalized spacial score (nSPS) is 11.8. The zero-order chi connectivity index (χ0) is 14.5. The number of carbonyl (C=O) groups is 1. The average Bonchev–Trinajstić information content (AvgIpc) is 2.46. The molecular weight excluding hydrogens is 252 g/mol. The highest BCUT2D eigenvalue weighted by molar-refractivity contribution is 5.68. The Hall–Kier alpha value is -2.49. The van der Waals surface area contributed by atoms with Crippen LogP contribution in [0.4, 0.5) is 10.5 Å². The van der Waals surface area contributed by atoms with Gasteiger partial charge >= 0.3 is 6.09 Å². The number of nitrogens with two attached hydrogens (primary N) is 2. The van der Waals surface area contributed by atoms with Crippen LogP contribution < -0.4 is 11.5 Å². The predicted molar refractivity (Wildman–Crippen MR) is 80.2 cm³/mol. The fourth-order valence-corrected chi connectivity index (χ4v) is 2.11. The van der Waals surface area contributed by atoms with Gasteiger partial charge in [-0.15, -0.1) is 0 Å². The Morgan fingerprint density at radius 3 is 2.50 bits per heavy atom. The first-order chi connectivity index (χ1) is 9.58. The van der Waals surface area contributed by atoms with E-state index in [0.29, 0.717) is 5.69 Å². The van der Waals surface area contributed by atoms with Gasteiger partial charge in [-0.05, 0) is 28.8 Å². The minimum absolute atomic E-state index is 0.00818. The van der Waals surface area contributed by atoms with E-state index >= 15 is 0 Å². The van der Waals surface area contributed by atoms with Crippen molar-refractivity contribution in [3.8, 4) is 11.1 Å². The van der Waals surface area contributed by atoms with E-state index in [-0.39, 0.29) is 12.5 Å². The lowest BCUT2D eigenvalue weighted by atomic mass is 9.95. The highest BCUT2D eigenvalue weighted by atomic mass is 16.5. The summed E-state index contributed by atoms with van der Waals surface area (Å²) in [6, 6.07) is 15.9. The highest BCUT2D eigenvalue weighted by Gasteiger charge is 2.12. The van der Waals surface area contributed by atoms with Gasteiger partial charge in [-0.3, -0.25) is 0 Å². The molecule has 1 atom stereocenters. The molecule has 0 aromatic heterocycles. The molecule has 0 heterocycles. The van der Waals surface area contributed by atoms with E-state index in [9.17, 15) is 4.79 Å². The number of ether oxygens (including phenoxy) is 1. The molecule has 2 aromatic carbocycles. The molecule has 0 fully saturated rings. The molecule has 0 aliphatic heterocycles. The molecule has 0 saturated heterocycles. The van der Waals surface area contributed by atoms with Crippen LogP contribution in [0.3, 0.4) is 0 Å². The van der Waals surface area contributed by atoms with Gasteiger partial charge < -0.3 is 16.2 Å². The summed E-state index contributed by atoms with van der Waals surface area (Å²) in [6.45, 7) is 2.17. The molecule has 4 nitrogen and oxygen atoms in total. The van der Waals surface area contributed by atoms with Gasteiger partial charge in [0, 0.05) is 11.6 Å². The first-order valence-corrected chi connectivity index (χ1v) is 6.45. The number of anilines is 1. The van der Waals surface area contributed by atoms with Crippen molar-refractivity contribution in [2.24, 2.45) is 5.73 Å². The maximum atomic E-state index is 10.7. The monoisotopic (exact) mass is 270 g/mol. The molecule has 1 unspecified atom stereocenters. The van der Waals surface area contributed by atoms with E-state index in [1.54, 1.807) is 0 Å². The molecule has 0 aliphatic rings. The summed E-state index contributed by atoms with van der Waals surface area (Å²) in [5.41, 5.74) is 14.8. The molecule has 0 bridgehead atoms. The molecule has 104 valence electrons. The molecular formula is C16H18N2O2. The summed E-state index contributed by atoms with van der Waals surface area (Å²) in [6.07, 6.45) is -0.769. The van der Waals surface area contributed by atoms with Gasteiger partial charge in [0.1, 0.15) is 0 Å². The van der Waals surface area contributed by atoms with Crippen LogP contribution in [0.5, 0.6) is 0 Å². The second-order valence-corrected chi connectivity index (χ2v) is 4.74. The Morgan fingerprint density at radius 1 is 1.15 bits per heavy atom. The number of hydrogen-bond acceptors (Lipinski definition) is 3. The molecule has 4 heteroatoms. The second kappa shape index (κ2) is 6.10. The quantitative estimate of drug-likeness (QED) is 0.838. The molecule has 4 N–H and O–H groups in total. The van der Waals surface area contributed by atoms with Crippen LogP contribution in [0, 0.1) is 0 Å². The zero-order valence-corrected chi connectivity index (χ0v) is 11.4. The first-order valence-electron chi connectivity index (χ1n) is 6.45. The standard InChI is InChI=1S/C16H18N2O2/c1-11(10-20-16(18)19)14-9-13(7-8-15(14)17)12-5-3-2-4-6-12/h2-9,11H,10,17H2,1H3,(H2,18,19). The van der Waals surface area contributed by atoms with Crippen molar-refractivity contribution < 1.29 is 9.53 Å². The van der Waals surface area contributed by atoms with Crippen molar-refractivity contribution in [2.45, 2.75) is 12.8 Å². The number of benzene rings is 2. The van der Waals surface area contributed by atoms with Gasteiger partial charge in [-0.2, -0.15) is 0 Å². The van der Waals surface area contributed by atoms with Gasteiger partial charge in [0.25, 0.3) is 0 Å². The number of carbonyl (C=O) groups excluding carboxylic acids is 1.